The minimum Gasteiger partial charge on any atom is -0.558 e. The molecule has 0 atom stereocenters. The predicted octanol–water partition coefficient (Wildman–Crippen LogP) is 4.39. The molecule has 20 heavy (non-hydrogen) atoms. The van der Waals surface area contributed by atoms with Gasteiger partial charge in [0.15, 0.2) is 0 Å². The lowest BCUT2D eigenvalue weighted by Crippen LogP contribution is -2.58. The molecule has 2 nitrogen and oxygen atoms in total. The van der Waals surface area contributed by atoms with Gasteiger partial charge in [0.2, 0.25) is 0 Å². The second kappa shape index (κ2) is 4.49. The molecule has 0 bridgehead atoms. The molecule has 0 aliphatic carbocycles. The van der Waals surface area contributed by atoms with Crippen LogP contribution in [0.5, 0.6) is 0 Å². The lowest BCUT2D eigenvalue weighted by Gasteiger charge is -2.49. The summed E-state index contributed by atoms with van der Waals surface area (Å²) in [6, 6.07) is 7.84. The summed E-state index contributed by atoms with van der Waals surface area (Å²) in [5.74, 6) is 0. The van der Waals surface area contributed by atoms with E-state index >= 15 is 0 Å². The summed E-state index contributed by atoms with van der Waals surface area (Å²) >= 11 is 6.02. The molecule has 0 aromatic heterocycles. The first kappa shape index (κ1) is 15.9. The highest BCUT2D eigenvalue weighted by Gasteiger charge is 2.56. The van der Waals surface area contributed by atoms with Crippen molar-refractivity contribution in [3.63, 3.8) is 0 Å². The maximum absolute atomic E-state index is 6.54. The van der Waals surface area contributed by atoms with Crippen LogP contribution in [0.1, 0.15) is 48.5 Å². The third-order valence-corrected chi connectivity index (χ3v) is 5.07. The zero-order valence-corrected chi connectivity index (χ0v) is 14.3. The monoisotopic (exact) mass is 295 g/mol. The smallest absolute Gasteiger partial charge is 0.275 e. The third kappa shape index (κ3) is 2.30. The number of benzene rings is 1. The van der Waals surface area contributed by atoms with Crippen LogP contribution in [0, 0.1) is 0 Å². The average Bonchev–Trinajstić information content (AvgIpc) is 2.46. The molecule has 1 aromatic rings. The van der Waals surface area contributed by atoms with E-state index in [4.69, 9.17) is 20.9 Å². The van der Waals surface area contributed by atoms with Gasteiger partial charge in [0, 0.05) is 16.2 Å². The van der Waals surface area contributed by atoms with Crippen LogP contribution >= 0.6 is 11.6 Å². The third-order valence-electron chi connectivity index (χ3n) is 4.82. The maximum Gasteiger partial charge on any atom is 0.275 e. The van der Waals surface area contributed by atoms with Gasteiger partial charge < -0.3 is 9.31 Å². The average molecular weight is 296 g/mol. The fourth-order valence-electron chi connectivity index (χ4n) is 2.84. The SMILES string of the molecule is CC(C)(C)[B-]1(c2ccc(Cl)cc2)OC(C)(C)C(C)(C)O1. The van der Waals surface area contributed by atoms with Crippen molar-refractivity contribution in [1.29, 1.82) is 0 Å². The van der Waals surface area contributed by atoms with Crippen molar-refractivity contribution in [3.05, 3.63) is 29.3 Å². The van der Waals surface area contributed by atoms with E-state index in [2.05, 4.69) is 48.5 Å². The van der Waals surface area contributed by atoms with Crippen molar-refractivity contribution < 1.29 is 9.31 Å². The first-order chi connectivity index (χ1) is 8.91. The van der Waals surface area contributed by atoms with Gasteiger partial charge in [0.25, 0.3) is 6.55 Å². The normalized spacial score (nSPS) is 23.8. The van der Waals surface area contributed by atoms with Crippen molar-refractivity contribution in [2.45, 2.75) is 65.0 Å². The molecule has 0 N–H and O–H groups in total. The van der Waals surface area contributed by atoms with Crippen molar-refractivity contribution in [3.8, 4) is 0 Å². The number of rotatable bonds is 1. The Labute approximate surface area is 127 Å². The van der Waals surface area contributed by atoms with Crippen LogP contribution in [-0.4, -0.2) is 17.8 Å². The Morgan fingerprint density at radius 2 is 1.30 bits per heavy atom. The summed E-state index contributed by atoms with van der Waals surface area (Å²) in [4.78, 5) is 0. The van der Waals surface area contributed by atoms with Crippen molar-refractivity contribution in [2.75, 3.05) is 0 Å². The molecule has 0 unspecified atom stereocenters. The van der Waals surface area contributed by atoms with Crippen LogP contribution in [-0.2, 0) is 9.31 Å². The predicted molar refractivity (Wildman–Crippen MR) is 86.9 cm³/mol. The van der Waals surface area contributed by atoms with E-state index in [0.29, 0.717) is 0 Å². The lowest BCUT2D eigenvalue weighted by atomic mass is 9.36. The fraction of sp³-hybridized carbons (Fsp3) is 0.625. The van der Waals surface area contributed by atoms with E-state index in [0.717, 1.165) is 10.5 Å². The summed E-state index contributed by atoms with van der Waals surface area (Å²) in [7, 11) is 0. The highest BCUT2D eigenvalue weighted by molar-refractivity contribution is 6.84. The van der Waals surface area contributed by atoms with Crippen LogP contribution in [0.4, 0.5) is 0 Å². The Bertz CT molecular complexity index is 484. The molecule has 1 aliphatic heterocycles. The summed E-state index contributed by atoms with van der Waals surface area (Å²) in [5.41, 5.74) is 0.375. The van der Waals surface area contributed by atoms with Crippen LogP contribution in [0.25, 0.3) is 0 Å². The van der Waals surface area contributed by atoms with E-state index in [1.165, 1.54) is 0 Å². The van der Waals surface area contributed by atoms with Crippen molar-refractivity contribution >= 4 is 23.6 Å². The number of hydrogen-bond donors (Lipinski definition) is 0. The molecule has 1 aromatic carbocycles. The molecule has 112 valence electrons. The molecule has 1 heterocycles. The second-order valence-corrected chi connectivity index (χ2v) is 8.32. The van der Waals surface area contributed by atoms with E-state index < -0.39 is 6.55 Å². The number of halogens is 1. The summed E-state index contributed by atoms with van der Waals surface area (Å²) < 4.78 is 13.1. The molecule has 1 saturated heterocycles. The lowest BCUT2D eigenvalue weighted by molar-refractivity contribution is 0.00578. The minimum absolute atomic E-state index is 0.140. The van der Waals surface area contributed by atoms with Crippen LogP contribution in [0.3, 0.4) is 0 Å². The Morgan fingerprint density at radius 3 is 1.65 bits per heavy atom. The molecular weight excluding hydrogens is 270 g/mol. The van der Waals surface area contributed by atoms with Gasteiger partial charge in [-0.05, 0) is 39.8 Å². The fourth-order valence-corrected chi connectivity index (χ4v) is 2.97. The number of hydrogen-bond acceptors (Lipinski definition) is 2. The molecule has 0 spiro atoms. The zero-order chi connectivity index (χ0) is 15.4. The quantitative estimate of drug-likeness (QED) is 0.715. The van der Waals surface area contributed by atoms with Crippen LogP contribution in [0.15, 0.2) is 24.3 Å². The molecule has 2 rings (SSSR count). The van der Waals surface area contributed by atoms with Crippen LogP contribution < -0.4 is 5.46 Å². The summed E-state index contributed by atoms with van der Waals surface area (Å²) in [5, 5.41) is 0.587. The van der Waals surface area contributed by atoms with E-state index in [9.17, 15) is 0 Å². The van der Waals surface area contributed by atoms with Gasteiger partial charge in [-0.2, -0.15) is 5.46 Å². The van der Waals surface area contributed by atoms with Gasteiger partial charge >= 0.3 is 0 Å². The first-order valence-electron chi connectivity index (χ1n) is 7.22. The molecular formula is C16H25BClO2-. The Balaban J connectivity index is 2.59. The highest BCUT2D eigenvalue weighted by Crippen LogP contribution is 2.50. The Morgan fingerprint density at radius 1 is 0.900 bits per heavy atom. The molecule has 0 radical (unpaired) electrons. The van der Waals surface area contributed by atoms with Gasteiger partial charge in [0.1, 0.15) is 0 Å². The summed E-state index contributed by atoms with van der Waals surface area (Å²) in [6.45, 7) is 13.3. The minimum atomic E-state index is -1.58. The first-order valence-corrected chi connectivity index (χ1v) is 7.60. The van der Waals surface area contributed by atoms with Gasteiger partial charge in [-0.15, -0.1) is 5.31 Å². The van der Waals surface area contributed by atoms with Crippen molar-refractivity contribution in [1.82, 2.24) is 0 Å². The molecule has 0 amide bonds. The summed E-state index contributed by atoms with van der Waals surface area (Å²) in [6.07, 6.45) is 0. The molecule has 0 saturated carbocycles. The van der Waals surface area contributed by atoms with Gasteiger partial charge in [-0.3, -0.25) is 0 Å². The van der Waals surface area contributed by atoms with E-state index in [1.54, 1.807) is 0 Å². The van der Waals surface area contributed by atoms with Gasteiger partial charge in [-0.25, -0.2) is 0 Å². The maximum atomic E-state index is 6.54. The molecule has 1 fully saturated rings. The topological polar surface area (TPSA) is 18.5 Å². The molecule has 4 heteroatoms. The highest BCUT2D eigenvalue weighted by atomic mass is 35.5. The van der Waals surface area contributed by atoms with Gasteiger partial charge in [0.05, 0.1) is 0 Å². The Hall–Kier alpha value is -0.505. The second-order valence-electron chi connectivity index (χ2n) is 7.89. The van der Waals surface area contributed by atoms with Crippen molar-refractivity contribution in [2.24, 2.45) is 0 Å². The van der Waals surface area contributed by atoms with Gasteiger partial charge in [-0.1, -0.05) is 44.5 Å². The van der Waals surface area contributed by atoms with E-state index in [1.807, 2.05) is 24.3 Å². The largest absolute Gasteiger partial charge is 0.558 e. The van der Waals surface area contributed by atoms with Crippen LogP contribution in [0.2, 0.25) is 10.3 Å². The zero-order valence-electron chi connectivity index (χ0n) is 13.6. The Kier molecular flexibility index (Phi) is 3.57. The standard InChI is InChI=1S/C16H25BClO2/c1-14(2,3)17(12-8-10-13(18)11-9-12)19-15(4,5)16(6,7)20-17/h8-11H,1-7H3/q-1. The van der Waals surface area contributed by atoms with E-state index in [-0.39, 0.29) is 16.5 Å². The molecule has 1 aliphatic rings.